The highest BCUT2D eigenvalue weighted by Gasteiger charge is 2.50. The molecule has 2 aliphatic carbocycles. The van der Waals surface area contributed by atoms with Gasteiger partial charge in [0.1, 0.15) is 5.01 Å². The van der Waals surface area contributed by atoms with E-state index in [0.717, 1.165) is 45.2 Å². The second-order valence-corrected chi connectivity index (χ2v) is 8.29. The van der Waals surface area contributed by atoms with Crippen LogP contribution in [0.5, 0.6) is 0 Å². The molecule has 1 saturated carbocycles. The Morgan fingerprint density at radius 3 is 3.05 bits per heavy atom. The first-order valence-electron chi connectivity index (χ1n) is 8.65. The Morgan fingerprint density at radius 1 is 1.36 bits per heavy atom. The van der Waals surface area contributed by atoms with Crippen LogP contribution in [0.1, 0.15) is 54.1 Å². The minimum atomic E-state index is -0.168. The number of nitrogens with zero attached hydrogens (tertiary/aromatic N) is 2. The molecule has 3 atom stereocenters. The molecule has 1 saturated heterocycles. The van der Waals surface area contributed by atoms with Crippen LogP contribution in [-0.2, 0) is 24.1 Å². The van der Waals surface area contributed by atoms with Crippen molar-refractivity contribution < 1.29 is 9.84 Å². The molecule has 2 heterocycles. The van der Waals surface area contributed by atoms with Crippen molar-refractivity contribution in [2.24, 2.45) is 0 Å². The monoisotopic (exact) mass is 322 g/mol. The predicted octanol–water partition coefficient (Wildman–Crippen LogP) is 2.53. The lowest BCUT2D eigenvalue weighted by atomic mass is 9.79. The van der Waals surface area contributed by atoms with Crippen LogP contribution in [0.3, 0.4) is 0 Å². The maximum Gasteiger partial charge on any atom is 0.107 e. The molecule has 122 valence electrons. The van der Waals surface area contributed by atoms with Crippen LogP contribution in [0, 0.1) is 0 Å². The molecule has 5 heteroatoms. The van der Waals surface area contributed by atoms with Crippen molar-refractivity contribution in [1.29, 1.82) is 0 Å². The second-order valence-electron chi connectivity index (χ2n) is 7.12. The van der Waals surface area contributed by atoms with Crippen LogP contribution in [0.25, 0.3) is 0 Å². The number of thiazole rings is 1. The molecule has 4 rings (SSSR count). The number of hydrogen-bond acceptors (Lipinski definition) is 5. The van der Waals surface area contributed by atoms with Crippen LogP contribution in [-0.4, -0.2) is 46.4 Å². The van der Waals surface area contributed by atoms with Gasteiger partial charge in [0.05, 0.1) is 23.9 Å². The van der Waals surface area contributed by atoms with E-state index >= 15 is 0 Å². The predicted molar refractivity (Wildman–Crippen MR) is 87.2 cm³/mol. The van der Waals surface area contributed by atoms with Crippen molar-refractivity contribution in [3.8, 4) is 0 Å². The summed E-state index contributed by atoms with van der Waals surface area (Å²) < 4.78 is 5.93. The van der Waals surface area contributed by atoms with Gasteiger partial charge < -0.3 is 9.84 Å². The highest BCUT2D eigenvalue weighted by atomic mass is 32.1. The standard InChI is InChI=1S/C17H26N2O2S/c1-21-17-7-6-12(20)10-15(17)19(9-8-17)11-16-18-13-4-2-3-5-14(13)22-16/h12,15,20H,2-11H2,1H3/t12-,15+,17-/m0/s1. The van der Waals surface area contributed by atoms with Crippen molar-refractivity contribution in [3.05, 3.63) is 15.6 Å². The Labute approximate surface area is 136 Å². The summed E-state index contributed by atoms with van der Waals surface area (Å²) in [5, 5.41) is 11.4. The molecule has 22 heavy (non-hydrogen) atoms. The van der Waals surface area contributed by atoms with Gasteiger partial charge in [0.15, 0.2) is 0 Å². The number of hydrogen-bond donors (Lipinski definition) is 1. The lowest BCUT2D eigenvalue weighted by Crippen LogP contribution is -2.51. The third-order valence-corrected chi connectivity index (χ3v) is 7.04. The zero-order valence-corrected chi connectivity index (χ0v) is 14.2. The molecule has 0 radical (unpaired) electrons. The fourth-order valence-electron chi connectivity index (χ4n) is 4.61. The SMILES string of the molecule is CO[C@]12CC[C@H](O)C[C@H]1N(Cc1nc3c(s1)CCCC3)CC2. The van der Waals surface area contributed by atoms with E-state index in [1.807, 2.05) is 18.4 Å². The van der Waals surface area contributed by atoms with E-state index in [9.17, 15) is 5.11 Å². The second kappa shape index (κ2) is 5.86. The first kappa shape index (κ1) is 15.1. The quantitative estimate of drug-likeness (QED) is 0.929. The molecule has 2 fully saturated rings. The van der Waals surface area contributed by atoms with Gasteiger partial charge in [-0.2, -0.15) is 0 Å². The molecule has 3 aliphatic rings. The van der Waals surface area contributed by atoms with Crippen molar-refractivity contribution in [3.63, 3.8) is 0 Å². The largest absolute Gasteiger partial charge is 0.393 e. The molecule has 0 spiro atoms. The summed E-state index contributed by atoms with van der Waals surface area (Å²) >= 11 is 1.91. The number of aromatic nitrogens is 1. The van der Waals surface area contributed by atoms with Gasteiger partial charge in [-0.05, 0) is 51.4 Å². The fourth-order valence-corrected chi connectivity index (χ4v) is 5.79. The number of aliphatic hydroxyl groups is 1. The number of methoxy groups -OCH3 is 1. The van der Waals surface area contributed by atoms with Crippen LogP contribution in [0.4, 0.5) is 0 Å². The molecule has 1 N–H and O–H groups in total. The van der Waals surface area contributed by atoms with Crippen molar-refractivity contribution in [1.82, 2.24) is 9.88 Å². The number of likely N-dealkylation sites (tertiary alicyclic amines) is 1. The zero-order chi connectivity index (χ0) is 15.2. The lowest BCUT2D eigenvalue weighted by molar-refractivity contribution is -0.0879. The summed E-state index contributed by atoms with van der Waals surface area (Å²) in [6.07, 6.45) is 8.63. The summed E-state index contributed by atoms with van der Waals surface area (Å²) in [4.78, 5) is 8.92. The summed E-state index contributed by atoms with van der Waals surface area (Å²) in [6.45, 7) is 2.00. The molecule has 0 amide bonds. The molecule has 0 unspecified atom stereocenters. The van der Waals surface area contributed by atoms with Gasteiger partial charge in [0, 0.05) is 24.6 Å². The van der Waals surface area contributed by atoms with E-state index in [4.69, 9.17) is 9.72 Å². The molecule has 0 bridgehead atoms. The Balaban J connectivity index is 1.52. The van der Waals surface area contributed by atoms with Gasteiger partial charge >= 0.3 is 0 Å². The van der Waals surface area contributed by atoms with Gasteiger partial charge in [-0.15, -0.1) is 11.3 Å². The maximum absolute atomic E-state index is 10.1. The first-order chi connectivity index (χ1) is 10.7. The third kappa shape index (κ3) is 2.52. The van der Waals surface area contributed by atoms with Crippen molar-refractivity contribution in [2.45, 2.75) is 75.7 Å². The Morgan fingerprint density at radius 2 is 2.23 bits per heavy atom. The average Bonchev–Trinajstić information content (AvgIpc) is 3.09. The average molecular weight is 322 g/mol. The minimum absolute atomic E-state index is 0.0316. The summed E-state index contributed by atoms with van der Waals surface area (Å²) in [7, 11) is 1.84. The van der Waals surface area contributed by atoms with Crippen LogP contribution in [0.2, 0.25) is 0 Å². The lowest BCUT2D eigenvalue weighted by Gasteiger charge is -2.42. The van der Waals surface area contributed by atoms with Crippen LogP contribution < -0.4 is 0 Å². The highest BCUT2D eigenvalue weighted by molar-refractivity contribution is 7.11. The molecule has 0 aromatic carbocycles. The van der Waals surface area contributed by atoms with E-state index in [1.54, 1.807) is 0 Å². The Bertz CT molecular complexity index is 523. The van der Waals surface area contributed by atoms with Crippen molar-refractivity contribution in [2.75, 3.05) is 13.7 Å². The topological polar surface area (TPSA) is 45.6 Å². The molecular weight excluding hydrogens is 296 g/mol. The van der Waals surface area contributed by atoms with Gasteiger partial charge in [0.2, 0.25) is 0 Å². The Hall–Kier alpha value is -0.490. The van der Waals surface area contributed by atoms with Crippen LogP contribution in [0.15, 0.2) is 0 Å². The summed E-state index contributed by atoms with van der Waals surface area (Å²) in [5.41, 5.74) is 1.32. The first-order valence-corrected chi connectivity index (χ1v) is 9.46. The van der Waals surface area contributed by atoms with Gasteiger partial charge in [-0.25, -0.2) is 4.98 Å². The fraction of sp³-hybridized carbons (Fsp3) is 0.824. The number of aliphatic hydroxyl groups excluding tert-OH is 1. The van der Waals surface area contributed by atoms with Crippen molar-refractivity contribution >= 4 is 11.3 Å². The minimum Gasteiger partial charge on any atom is -0.393 e. The van der Waals surface area contributed by atoms with E-state index in [1.165, 1.54) is 34.8 Å². The Kier molecular flexibility index (Phi) is 4.01. The van der Waals surface area contributed by atoms with Gasteiger partial charge in [-0.1, -0.05) is 0 Å². The molecule has 4 nitrogen and oxygen atoms in total. The molecule has 1 aromatic heterocycles. The van der Waals surface area contributed by atoms with E-state index < -0.39 is 0 Å². The molecular formula is C17H26N2O2S. The smallest absolute Gasteiger partial charge is 0.107 e. The van der Waals surface area contributed by atoms with E-state index in [2.05, 4.69) is 4.90 Å². The molecule has 1 aliphatic heterocycles. The third-order valence-electron chi connectivity index (χ3n) is 5.90. The number of ether oxygens (including phenoxy) is 1. The van der Waals surface area contributed by atoms with Crippen LogP contribution >= 0.6 is 11.3 Å². The maximum atomic E-state index is 10.1. The number of fused-ring (bicyclic) bond motifs is 2. The van der Waals surface area contributed by atoms with E-state index in [0.29, 0.717) is 6.04 Å². The van der Waals surface area contributed by atoms with E-state index in [-0.39, 0.29) is 11.7 Å². The molecule has 1 aromatic rings. The highest BCUT2D eigenvalue weighted by Crippen LogP contribution is 2.43. The summed E-state index contributed by atoms with van der Waals surface area (Å²) in [5.74, 6) is 0. The van der Waals surface area contributed by atoms with Gasteiger partial charge in [-0.3, -0.25) is 4.90 Å². The normalized spacial score (nSPS) is 35.4. The number of rotatable bonds is 3. The number of aryl methyl sites for hydroxylation is 2. The zero-order valence-electron chi connectivity index (χ0n) is 13.4. The van der Waals surface area contributed by atoms with Gasteiger partial charge in [0.25, 0.3) is 0 Å². The summed E-state index contributed by atoms with van der Waals surface area (Å²) in [6, 6.07) is 0.349.